The van der Waals surface area contributed by atoms with Crippen molar-refractivity contribution in [3.8, 4) is 0 Å². The molecular formula is C10H19N3O. The van der Waals surface area contributed by atoms with Crippen LogP contribution in [0.1, 0.15) is 32.5 Å². The molecular weight excluding hydrogens is 178 g/mol. The molecule has 0 aliphatic heterocycles. The van der Waals surface area contributed by atoms with Gasteiger partial charge in [0.1, 0.15) is 5.82 Å². The minimum absolute atomic E-state index is 0.253. The second kappa shape index (κ2) is 4.11. The summed E-state index contributed by atoms with van der Waals surface area (Å²) in [7, 11) is 0. The summed E-state index contributed by atoms with van der Waals surface area (Å²) in [6.45, 7) is 6.64. The van der Waals surface area contributed by atoms with Crippen molar-refractivity contribution in [3.63, 3.8) is 0 Å². The zero-order valence-corrected chi connectivity index (χ0v) is 9.07. The van der Waals surface area contributed by atoms with Crippen LogP contribution in [0.2, 0.25) is 0 Å². The summed E-state index contributed by atoms with van der Waals surface area (Å²) >= 11 is 0. The second-order valence-electron chi connectivity index (χ2n) is 4.27. The third-order valence-corrected chi connectivity index (χ3v) is 2.21. The van der Waals surface area contributed by atoms with E-state index in [1.54, 1.807) is 13.1 Å². The van der Waals surface area contributed by atoms with Gasteiger partial charge < -0.3 is 15.4 Å². The first-order chi connectivity index (χ1) is 6.46. The van der Waals surface area contributed by atoms with Crippen LogP contribution in [0.5, 0.6) is 0 Å². The molecule has 0 radical (unpaired) electrons. The van der Waals surface area contributed by atoms with Gasteiger partial charge in [0, 0.05) is 24.9 Å². The van der Waals surface area contributed by atoms with Gasteiger partial charge in [0.25, 0.3) is 0 Å². The van der Waals surface area contributed by atoms with Crippen molar-refractivity contribution in [2.24, 2.45) is 5.73 Å². The van der Waals surface area contributed by atoms with Crippen LogP contribution in [0.4, 0.5) is 0 Å². The highest BCUT2D eigenvalue weighted by Gasteiger charge is 2.20. The number of aliphatic hydroxyl groups is 1. The number of hydrogen-bond donors (Lipinski definition) is 2. The molecule has 0 amide bonds. The lowest BCUT2D eigenvalue weighted by Gasteiger charge is -2.23. The monoisotopic (exact) mass is 197 g/mol. The van der Waals surface area contributed by atoms with Crippen molar-refractivity contribution in [2.75, 3.05) is 6.54 Å². The number of hydrogen-bond acceptors (Lipinski definition) is 3. The van der Waals surface area contributed by atoms with Gasteiger partial charge in [-0.2, -0.15) is 0 Å². The molecule has 0 aromatic carbocycles. The summed E-state index contributed by atoms with van der Waals surface area (Å²) in [5, 5.41) is 9.83. The first kappa shape index (κ1) is 11.2. The van der Waals surface area contributed by atoms with Crippen molar-refractivity contribution in [1.29, 1.82) is 0 Å². The third kappa shape index (κ3) is 2.56. The second-order valence-corrected chi connectivity index (χ2v) is 4.27. The maximum Gasteiger partial charge on any atom is 0.111 e. The molecule has 1 aromatic heterocycles. The summed E-state index contributed by atoms with van der Waals surface area (Å²) < 4.78 is 1.96. The van der Waals surface area contributed by atoms with E-state index in [1.165, 1.54) is 0 Å². The van der Waals surface area contributed by atoms with Crippen LogP contribution in [0.15, 0.2) is 12.4 Å². The van der Waals surface area contributed by atoms with E-state index in [9.17, 15) is 5.11 Å². The highest BCUT2D eigenvalue weighted by molar-refractivity contribution is 4.99. The van der Waals surface area contributed by atoms with Crippen molar-refractivity contribution in [1.82, 2.24) is 9.55 Å². The first-order valence-corrected chi connectivity index (χ1v) is 4.90. The summed E-state index contributed by atoms with van der Waals surface area (Å²) in [6.07, 6.45) is 3.63. The van der Waals surface area contributed by atoms with Crippen LogP contribution >= 0.6 is 0 Å². The summed E-state index contributed by atoms with van der Waals surface area (Å²) in [5.41, 5.74) is 4.61. The normalized spacial score (nSPS) is 15.9. The number of nitrogens with zero attached hydrogens (tertiary/aromatic N) is 2. The van der Waals surface area contributed by atoms with Gasteiger partial charge in [0.15, 0.2) is 0 Å². The largest absolute Gasteiger partial charge is 0.387 e. The van der Waals surface area contributed by atoms with Crippen molar-refractivity contribution >= 4 is 0 Å². The predicted molar refractivity (Wildman–Crippen MR) is 56.0 cm³/mol. The Morgan fingerprint density at radius 3 is 2.79 bits per heavy atom. The van der Waals surface area contributed by atoms with Gasteiger partial charge in [0.2, 0.25) is 0 Å². The number of imidazole rings is 1. The lowest BCUT2D eigenvalue weighted by atomic mass is 10.1. The Hall–Kier alpha value is -0.870. The Morgan fingerprint density at radius 2 is 2.29 bits per heavy atom. The SMILES string of the molecule is CC(C)c1nccn1CC(C)(O)CN. The molecule has 0 aliphatic carbocycles. The van der Waals surface area contributed by atoms with Crippen molar-refractivity contribution < 1.29 is 5.11 Å². The van der Waals surface area contributed by atoms with Crippen LogP contribution in [0, 0.1) is 0 Å². The maximum absolute atomic E-state index is 9.83. The van der Waals surface area contributed by atoms with E-state index in [2.05, 4.69) is 18.8 Å². The average molecular weight is 197 g/mol. The van der Waals surface area contributed by atoms with Crippen LogP contribution in [-0.2, 0) is 6.54 Å². The zero-order valence-electron chi connectivity index (χ0n) is 9.07. The van der Waals surface area contributed by atoms with Gasteiger partial charge in [0.05, 0.1) is 12.1 Å². The van der Waals surface area contributed by atoms with Crippen molar-refractivity contribution in [2.45, 2.75) is 38.8 Å². The molecule has 1 rings (SSSR count). The van der Waals surface area contributed by atoms with E-state index in [4.69, 9.17) is 5.73 Å². The molecule has 0 fully saturated rings. The number of rotatable bonds is 4. The molecule has 1 heterocycles. The van der Waals surface area contributed by atoms with Gasteiger partial charge in [-0.05, 0) is 6.92 Å². The fourth-order valence-electron chi connectivity index (χ4n) is 1.39. The van der Waals surface area contributed by atoms with E-state index < -0.39 is 5.60 Å². The topological polar surface area (TPSA) is 64.1 Å². The van der Waals surface area contributed by atoms with Crippen LogP contribution in [-0.4, -0.2) is 26.8 Å². The van der Waals surface area contributed by atoms with E-state index in [0.29, 0.717) is 12.5 Å². The lowest BCUT2D eigenvalue weighted by molar-refractivity contribution is 0.0497. The molecule has 4 heteroatoms. The fraction of sp³-hybridized carbons (Fsp3) is 0.700. The molecule has 0 spiro atoms. The fourth-order valence-corrected chi connectivity index (χ4v) is 1.39. The lowest BCUT2D eigenvalue weighted by Crippen LogP contribution is -2.39. The highest BCUT2D eigenvalue weighted by Crippen LogP contribution is 2.14. The van der Waals surface area contributed by atoms with Gasteiger partial charge in [-0.15, -0.1) is 0 Å². The van der Waals surface area contributed by atoms with Crippen LogP contribution < -0.4 is 5.73 Å². The number of aromatic nitrogens is 2. The molecule has 1 atom stereocenters. The van der Waals surface area contributed by atoms with Gasteiger partial charge in [-0.25, -0.2) is 4.98 Å². The summed E-state index contributed by atoms with van der Waals surface area (Å²) in [5.74, 6) is 1.34. The Morgan fingerprint density at radius 1 is 1.64 bits per heavy atom. The van der Waals surface area contributed by atoms with E-state index >= 15 is 0 Å². The van der Waals surface area contributed by atoms with Gasteiger partial charge in [-0.3, -0.25) is 0 Å². The highest BCUT2D eigenvalue weighted by atomic mass is 16.3. The minimum Gasteiger partial charge on any atom is -0.387 e. The Kier molecular flexibility index (Phi) is 3.29. The molecule has 1 aromatic rings. The Balaban J connectivity index is 2.81. The Bertz CT molecular complexity index is 291. The molecule has 0 aliphatic rings. The van der Waals surface area contributed by atoms with Gasteiger partial charge in [-0.1, -0.05) is 13.8 Å². The first-order valence-electron chi connectivity index (χ1n) is 4.90. The molecule has 4 nitrogen and oxygen atoms in total. The predicted octanol–water partition coefficient (Wildman–Crippen LogP) is 0.716. The zero-order chi connectivity index (χ0) is 10.8. The molecule has 0 bridgehead atoms. The maximum atomic E-state index is 9.83. The number of nitrogens with two attached hydrogens (primary N) is 1. The van der Waals surface area contributed by atoms with Crippen molar-refractivity contribution in [3.05, 3.63) is 18.2 Å². The Labute approximate surface area is 84.8 Å². The smallest absolute Gasteiger partial charge is 0.111 e. The molecule has 3 N–H and O–H groups in total. The third-order valence-electron chi connectivity index (χ3n) is 2.21. The quantitative estimate of drug-likeness (QED) is 0.747. The van der Waals surface area contributed by atoms with Crippen LogP contribution in [0.25, 0.3) is 0 Å². The summed E-state index contributed by atoms with van der Waals surface area (Å²) in [4.78, 5) is 4.25. The molecule has 0 saturated carbocycles. The standard InChI is InChI=1S/C10H19N3O/c1-8(2)9-12-4-5-13(9)7-10(3,14)6-11/h4-5,8,14H,6-7,11H2,1-3H3. The molecule has 14 heavy (non-hydrogen) atoms. The summed E-state index contributed by atoms with van der Waals surface area (Å²) in [6, 6.07) is 0. The molecule has 1 unspecified atom stereocenters. The van der Waals surface area contributed by atoms with E-state index in [-0.39, 0.29) is 6.54 Å². The van der Waals surface area contributed by atoms with E-state index in [0.717, 1.165) is 5.82 Å². The molecule has 80 valence electrons. The average Bonchev–Trinajstić information content (AvgIpc) is 2.51. The van der Waals surface area contributed by atoms with Gasteiger partial charge >= 0.3 is 0 Å². The van der Waals surface area contributed by atoms with Crippen LogP contribution in [0.3, 0.4) is 0 Å². The van der Waals surface area contributed by atoms with E-state index in [1.807, 2.05) is 10.8 Å². The minimum atomic E-state index is -0.857. The molecule has 0 saturated heterocycles.